The molecule has 2 aromatic rings. The van der Waals surface area contributed by atoms with E-state index in [0.717, 1.165) is 11.1 Å². The van der Waals surface area contributed by atoms with Gasteiger partial charge in [-0.3, -0.25) is 0 Å². The van der Waals surface area contributed by atoms with Crippen molar-refractivity contribution in [3.8, 4) is 17.2 Å². The average Bonchev–Trinajstić information content (AvgIpc) is 2.65. The van der Waals surface area contributed by atoms with Crippen LogP contribution in [0.2, 0.25) is 10.0 Å². The summed E-state index contributed by atoms with van der Waals surface area (Å²) in [6, 6.07) is 8.87. The number of ether oxygens (including phenoxy) is 3. The number of halogens is 2. The van der Waals surface area contributed by atoms with Crippen molar-refractivity contribution in [3.05, 3.63) is 51.5 Å². The number of nitrogens with two attached hydrogens (primary N) is 1. The molecular weight excluding hydrogens is 389 g/mol. The maximum atomic E-state index is 6.23. The number of guanidine groups is 1. The van der Waals surface area contributed by atoms with E-state index in [2.05, 4.69) is 10.3 Å². The van der Waals surface area contributed by atoms with Crippen LogP contribution in [0.5, 0.6) is 17.2 Å². The van der Waals surface area contributed by atoms with E-state index in [1.807, 2.05) is 25.1 Å². The van der Waals surface area contributed by atoms with Gasteiger partial charge < -0.3 is 25.3 Å². The predicted molar refractivity (Wildman–Crippen MR) is 109 cm³/mol. The van der Waals surface area contributed by atoms with Crippen molar-refractivity contribution >= 4 is 29.2 Å². The third kappa shape index (κ3) is 5.34. The molecule has 6 nitrogen and oxygen atoms in total. The number of hydrogen-bond acceptors (Lipinski definition) is 4. The van der Waals surface area contributed by atoms with Crippen LogP contribution in [0.15, 0.2) is 35.3 Å². The van der Waals surface area contributed by atoms with Gasteiger partial charge in [-0.25, -0.2) is 4.99 Å². The number of methoxy groups -OCH3 is 3. The zero-order valence-corrected chi connectivity index (χ0v) is 17.2. The van der Waals surface area contributed by atoms with Crippen molar-refractivity contribution in [1.29, 1.82) is 0 Å². The fourth-order valence-corrected chi connectivity index (χ4v) is 3.17. The predicted octanol–water partition coefficient (Wildman–Crippen LogP) is 4.18. The first-order valence-electron chi connectivity index (χ1n) is 8.19. The molecule has 0 bridgehead atoms. The molecule has 3 N–H and O–H groups in total. The second-order valence-electron chi connectivity index (χ2n) is 5.77. The topological polar surface area (TPSA) is 78.1 Å². The van der Waals surface area contributed by atoms with E-state index in [1.54, 1.807) is 33.5 Å². The van der Waals surface area contributed by atoms with E-state index in [9.17, 15) is 0 Å². The van der Waals surface area contributed by atoms with Gasteiger partial charge in [-0.1, -0.05) is 29.3 Å². The highest BCUT2D eigenvalue weighted by Crippen LogP contribution is 2.38. The number of nitrogens with zero attached hydrogens (tertiary/aromatic N) is 1. The lowest BCUT2D eigenvalue weighted by Crippen LogP contribution is -2.34. The molecule has 0 aliphatic carbocycles. The fraction of sp³-hybridized carbons (Fsp3) is 0.316. The fourth-order valence-electron chi connectivity index (χ4n) is 2.60. The highest BCUT2D eigenvalue weighted by atomic mass is 35.5. The summed E-state index contributed by atoms with van der Waals surface area (Å²) in [4.78, 5) is 4.38. The van der Waals surface area contributed by atoms with Gasteiger partial charge >= 0.3 is 0 Å². The van der Waals surface area contributed by atoms with Crippen molar-refractivity contribution < 1.29 is 14.2 Å². The molecule has 2 rings (SSSR count). The number of benzene rings is 2. The highest BCUT2D eigenvalue weighted by molar-refractivity contribution is 6.35. The highest BCUT2D eigenvalue weighted by Gasteiger charge is 2.14. The van der Waals surface area contributed by atoms with E-state index in [1.165, 1.54) is 0 Å². The third-order valence-corrected chi connectivity index (χ3v) is 4.51. The van der Waals surface area contributed by atoms with E-state index in [4.69, 9.17) is 43.1 Å². The second-order valence-corrected chi connectivity index (χ2v) is 6.61. The Morgan fingerprint density at radius 3 is 2.22 bits per heavy atom. The van der Waals surface area contributed by atoms with Gasteiger partial charge in [-0.2, -0.15) is 0 Å². The Morgan fingerprint density at radius 2 is 1.70 bits per heavy atom. The van der Waals surface area contributed by atoms with E-state index >= 15 is 0 Å². The summed E-state index contributed by atoms with van der Waals surface area (Å²) in [6.07, 6.45) is 0. The van der Waals surface area contributed by atoms with Gasteiger partial charge in [-0.15, -0.1) is 0 Å². The lowest BCUT2D eigenvalue weighted by molar-refractivity contribution is 0.324. The molecule has 0 aromatic heterocycles. The molecule has 146 valence electrons. The molecule has 0 aliphatic rings. The zero-order valence-electron chi connectivity index (χ0n) is 15.7. The summed E-state index contributed by atoms with van der Waals surface area (Å²) >= 11 is 12.2. The van der Waals surface area contributed by atoms with E-state index in [0.29, 0.717) is 39.8 Å². The van der Waals surface area contributed by atoms with Crippen LogP contribution in [0.25, 0.3) is 0 Å². The minimum absolute atomic E-state index is 0.126. The van der Waals surface area contributed by atoms with E-state index in [-0.39, 0.29) is 6.04 Å². The molecule has 0 aliphatic heterocycles. The Labute approximate surface area is 169 Å². The van der Waals surface area contributed by atoms with Gasteiger partial charge in [0.15, 0.2) is 17.5 Å². The first kappa shape index (κ1) is 21.0. The maximum absolute atomic E-state index is 6.23. The number of nitrogens with one attached hydrogen (secondary N) is 1. The molecule has 0 fully saturated rings. The van der Waals surface area contributed by atoms with Crippen molar-refractivity contribution in [2.45, 2.75) is 19.5 Å². The minimum atomic E-state index is -0.126. The molecule has 0 heterocycles. The van der Waals surface area contributed by atoms with Gasteiger partial charge in [0.05, 0.1) is 33.9 Å². The third-order valence-electron chi connectivity index (χ3n) is 3.95. The largest absolute Gasteiger partial charge is 0.493 e. The van der Waals surface area contributed by atoms with Crippen molar-refractivity contribution in [2.75, 3.05) is 21.3 Å². The molecule has 0 amide bonds. The Bertz CT molecular complexity index is 803. The number of aliphatic imine (C=N–C) groups is 1. The molecule has 0 saturated heterocycles. The molecule has 1 atom stereocenters. The summed E-state index contributed by atoms with van der Waals surface area (Å²) in [6.45, 7) is 2.29. The number of hydrogen-bond donors (Lipinski definition) is 2. The Hall–Kier alpha value is -2.31. The molecule has 8 heteroatoms. The SMILES string of the molecule is COc1cc(CN=C(N)NC(C)c2ccc(Cl)cc2Cl)cc(OC)c1OC. The van der Waals surface area contributed by atoms with Crippen LogP contribution in [0.1, 0.15) is 24.1 Å². The quantitative estimate of drug-likeness (QED) is 0.527. The van der Waals surface area contributed by atoms with Gasteiger partial charge in [-0.05, 0) is 42.3 Å². The lowest BCUT2D eigenvalue weighted by atomic mass is 10.1. The molecule has 27 heavy (non-hydrogen) atoms. The van der Waals surface area contributed by atoms with Crippen LogP contribution in [-0.4, -0.2) is 27.3 Å². The summed E-state index contributed by atoms with van der Waals surface area (Å²) in [5, 5.41) is 4.27. The van der Waals surface area contributed by atoms with Crippen LogP contribution in [0.4, 0.5) is 0 Å². The maximum Gasteiger partial charge on any atom is 0.203 e. The average molecular weight is 412 g/mol. The van der Waals surface area contributed by atoms with Gasteiger partial charge in [0, 0.05) is 10.0 Å². The summed E-state index contributed by atoms with van der Waals surface area (Å²) in [5.41, 5.74) is 7.77. The lowest BCUT2D eigenvalue weighted by Gasteiger charge is -2.17. The normalized spacial score (nSPS) is 12.4. The van der Waals surface area contributed by atoms with Gasteiger partial charge in [0.25, 0.3) is 0 Å². The number of rotatable bonds is 7. The van der Waals surface area contributed by atoms with Crippen LogP contribution in [0, 0.1) is 0 Å². The molecule has 0 radical (unpaired) electrons. The first-order chi connectivity index (χ1) is 12.9. The molecule has 0 spiro atoms. The van der Waals surface area contributed by atoms with Crippen LogP contribution < -0.4 is 25.3 Å². The summed E-state index contributed by atoms with van der Waals surface area (Å²) < 4.78 is 16.0. The molecule has 0 saturated carbocycles. The first-order valence-corrected chi connectivity index (χ1v) is 8.95. The Balaban J connectivity index is 2.13. The molecular formula is C19H23Cl2N3O3. The summed E-state index contributed by atoms with van der Waals surface area (Å²) in [7, 11) is 4.69. The Morgan fingerprint density at radius 1 is 1.07 bits per heavy atom. The van der Waals surface area contributed by atoms with Crippen LogP contribution >= 0.6 is 23.2 Å². The van der Waals surface area contributed by atoms with Crippen LogP contribution in [0.3, 0.4) is 0 Å². The van der Waals surface area contributed by atoms with Crippen molar-refractivity contribution in [2.24, 2.45) is 10.7 Å². The Kier molecular flexibility index (Phi) is 7.45. The van der Waals surface area contributed by atoms with Crippen molar-refractivity contribution in [3.63, 3.8) is 0 Å². The van der Waals surface area contributed by atoms with Gasteiger partial charge in [0.2, 0.25) is 5.75 Å². The minimum Gasteiger partial charge on any atom is -0.493 e. The molecule has 2 aromatic carbocycles. The van der Waals surface area contributed by atoms with Crippen molar-refractivity contribution in [1.82, 2.24) is 5.32 Å². The van der Waals surface area contributed by atoms with E-state index < -0.39 is 0 Å². The summed E-state index contributed by atoms with van der Waals surface area (Å²) in [5.74, 6) is 1.96. The monoisotopic (exact) mass is 411 g/mol. The van der Waals surface area contributed by atoms with Crippen LogP contribution in [-0.2, 0) is 6.54 Å². The zero-order chi connectivity index (χ0) is 20.0. The van der Waals surface area contributed by atoms with Gasteiger partial charge in [0.1, 0.15) is 0 Å². The second kappa shape index (κ2) is 9.58. The smallest absolute Gasteiger partial charge is 0.203 e. The molecule has 1 unspecified atom stereocenters. The standard InChI is InChI=1S/C19H23Cl2N3O3/c1-11(14-6-5-13(20)9-15(14)21)24-19(22)23-10-12-7-16(25-2)18(27-4)17(8-12)26-3/h5-9,11H,10H2,1-4H3,(H3,22,23,24).